The fourth-order valence-electron chi connectivity index (χ4n) is 5.76. The van der Waals surface area contributed by atoms with Crippen LogP contribution in [0.2, 0.25) is 0 Å². The lowest BCUT2D eigenvalue weighted by Gasteiger charge is -2.32. The van der Waals surface area contributed by atoms with E-state index in [1.54, 1.807) is 37.3 Å². The van der Waals surface area contributed by atoms with E-state index in [1.807, 2.05) is 6.92 Å². The fraction of sp³-hybridized carbons (Fsp3) is 0.600. The first kappa shape index (κ1) is 46.2. The molecule has 306 valence electrons. The van der Waals surface area contributed by atoms with Crippen LogP contribution in [0, 0.1) is 11.3 Å². The molecule has 0 unspecified atom stereocenters. The van der Waals surface area contributed by atoms with Crippen molar-refractivity contribution in [2.24, 2.45) is 17.4 Å². The number of guanidine groups is 1. The lowest BCUT2D eigenvalue weighted by molar-refractivity contribution is -0.143. The van der Waals surface area contributed by atoms with E-state index in [4.69, 9.17) is 16.9 Å². The summed E-state index contributed by atoms with van der Waals surface area (Å²) in [5, 5.41) is 41.4. The molecular formula is C35H56N10O9S. The van der Waals surface area contributed by atoms with Crippen LogP contribution in [0.4, 0.5) is 0 Å². The van der Waals surface area contributed by atoms with Crippen molar-refractivity contribution >= 4 is 60.0 Å². The minimum Gasteiger partial charge on any atom is -0.480 e. The van der Waals surface area contributed by atoms with Crippen molar-refractivity contribution in [3.8, 4) is 0 Å². The Bertz CT molecular complexity index is 1500. The van der Waals surface area contributed by atoms with E-state index in [0.717, 1.165) is 0 Å². The molecule has 2 rings (SSSR count). The number of nitrogens with zero attached hydrogens (tertiary/aromatic N) is 1. The first-order valence-corrected chi connectivity index (χ1v) is 18.8. The average Bonchev–Trinajstić information content (AvgIpc) is 3.66. The third-order valence-electron chi connectivity index (χ3n) is 9.23. The molecule has 0 saturated carbocycles. The third kappa shape index (κ3) is 14.7. The lowest BCUT2D eigenvalue weighted by Crippen LogP contribution is -2.60. The molecule has 0 bridgehead atoms. The van der Waals surface area contributed by atoms with Crippen LogP contribution in [0.5, 0.6) is 0 Å². The van der Waals surface area contributed by atoms with E-state index in [9.17, 15) is 43.8 Å². The summed E-state index contributed by atoms with van der Waals surface area (Å²) in [7, 11) is 0. The Hall–Kier alpha value is -4.95. The van der Waals surface area contributed by atoms with Crippen molar-refractivity contribution in [3.63, 3.8) is 0 Å². The van der Waals surface area contributed by atoms with Crippen LogP contribution in [0.3, 0.4) is 0 Å². The van der Waals surface area contributed by atoms with Crippen molar-refractivity contribution in [2.75, 3.05) is 25.4 Å². The van der Waals surface area contributed by atoms with E-state index in [2.05, 4.69) is 44.5 Å². The second-order valence-corrected chi connectivity index (χ2v) is 13.8. The molecule has 1 saturated heterocycles. The number of likely N-dealkylation sites (tertiary alicyclic amines) is 1. The van der Waals surface area contributed by atoms with E-state index >= 15 is 0 Å². The Morgan fingerprint density at radius 1 is 0.927 bits per heavy atom. The van der Waals surface area contributed by atoms with E-state index in [1.165, 1.54) is 11.8 Å². The van der Waals surface area contributed by atoms with Gasteiger partial charge in [-0.1, -0.05) is 50.6 Å². The van der Waals surface area contributed by atoms with Gasteiger partial charge in [0.05, 0.1) is 6.61 Å². The standard InChI is InChI=1S/C35H56N10O9S/c1-4-19(2)27(44-29(48)22(36)17-46)33(52)45-15-9-13-26(45)32(51)40-20(3)28(47)42-24(16-21-10-6-5-7-11-21)30(49)43-25(18-55)31(50)41-23(34(53)54)12-8-14-39-35(37)38/h5-7,10-11,19-20,22-27,46,55H,4,8-9,12-18,36H2,1-3H3,(H,40,51)(H,41,50)(H,42,47)(H,43,49)(H,44,48)(H,53,54)(H4,37,38,39)/t19-,20-,22-,23-,24-,25-,26-,27-/m0/s1. The third-order valence-corrected chi connectivity index (χ3v) is 9.60. The number of thiol groups is 1. The number of benzene rings is 1. The fourth-order valence-corrected chi connectivity index (χ4v) is 6.02. The van der Waals surface area contributed by atoms with Gasteiger partial charge in [0, 0.05) is 25.3 Å². The number of nitrogens with two attached hydrogens (primary N) is 2. The molecule has 1 aromatic rings. The number of aliphatic hydroxyl groups is 1. The Morgan fingerprint density at radius 2 is 1.55 bits per heavy atom. The molecule has 6 amide bonds. The van der Waals surface area contributed by atoms with E-state index in [0.29, 0.717) is 24.8 Å². The molecule has 55 heavy (non-hydrogen) atoms. The molecule has 8 atom stereocenters. The van der Waals surface area contributed by atoms with Crippen LogP contribution >= 0.6 is 12.6 Å². The molecule has 1 heterocycles. The van der Waals surface area contributed by atoms with Crippen LogP contribution in [-0.2, 0) is 40.0 Å². The Morgan fingerprint density at radius 3 is 2.13 bits per heavy atom. The maximum Gasteiger partial charge on any atom is 0.326 e. The van der Waals surface area contributed by atoms with Crippen LogP contribution in [-0.4, -0.2) is 130 Å². The topological polar surface area (TPSA) is 311 Å². The predicted octanol–water partition coefficient (Wildman–Crippen LogP) is -2.69. The summed E-state index contributed by atoms with van der Waals surface area (Å²) in [6.45, 7) is 4.84. The first-order chi connectivity index (χ1) is 26.0. The maximum absolute atomic E-state index is 13.7. The highest BCUT2D eigenvalue weighted by Crippen LogP contribution is 2.22. The van der Waals surface area contributed by atoms with Gasteiger partial charge in [0.1, 0.15) is 42.3 Å². The maximum atomic E-state index is 13.7. The summed E-state index contributed by atoms with van der Waals surface area (Å²) in [5.41, 5.74) is 11.6. The van der Waals surface area contributed by atoms with Crippen LogP contribution in [0.1, 0.15) is 58.4 Å². The molecule has 1 aliphatic rings. The molecule has 1 aliphatic heterocycles. The Kier molecular flexibility index (Phi) is 19.4. The molecule has 0 spiro atoms. The van der Waals surface area contributed by atoms with Crippen molar-refractivity contribution in [3.05, 3.63) is 35.9 Å². The zero-order chi connectivity index (χ0) is 41.2. The molecule has 1 fully saturated rings. The van der Waals surface area contributed by atoms with Crippen molar-refractivity contribution in [1.82, 2.24) is 36.8 Å². The molecule has 20 heteroatoms. The van der Waals surface area contributed by atoms with Crippen molar-refractivity contribution < 1.29 is 43.8 Å². The van der Waals surface area contributed by atoms with Gasteiger partial charge >= 0.3 is 5.97 Å². The highest BCUT2D eigenvalue weighted by molar-refractivity contribution is 7.80. The second kappa shape index (κ2) is 23.1. The van der Waals surface area contributed by atoms with Gasteiger partial charge in [0.2, 0.25) is 35.4 Å². The highest BCUT2D eigenvalue weighted by atomic mass is 32.1. The molecular weight excluding hydrogens is 737 g/mol. The smallest absolute Gasteiger partial charge is 0.326 e. The number of hydrogen-bond acceptors (Lipinski definition) is 11. The first-order valence-electron chi connectivity index (χ1n) is 18.2. The summed E-state index contributed by atoms with van der Waals surface area (Å²) < 4.78 is 0. The lowest BCUT2D eigenvalue weighted by atomic mass is 9.97. The number of amides is 6. The van der Waals surface area contributed by atoms with Gasteiger partial charge in [-0.25, -0.2) is 4.79 Å². The summed E-state index contributed by atoms with van der Waals surface area (Å²) in [6, 6.07) is 0.522. The molecule has 13 N–H and O–H groups in total. The van der Waals surface area contributed by atoms with Crippen LogP contribution in [0.25, 0.3) is 0 Å². The Labute approximate surface area is 325 Å². The van der Waals surface area contributed by atoms with Gasteiger partial charge in [-0.05, 0) is 44.1 Å². The van der Waals surface area contributed by atoms with Gasteiger partial charge in [0.25, 0.3) is 0 Å². The Balaban J connectivity index is 2.16. The zero-order valence-electron chi connectivity index (χ0n) is 31.4. The molecule has 1 aromatic carbocycles. The molecule has 19 nitrogen and oxygen atoms in total. The van der Waals surface area contributed by atoms with E-state index < -0.39 is 90.3 Å². The summed E-state index contributed by atoms with van der Waals surface area (Å²) >= 11 is 4.17. The number of hydrogen-bond donors (Lipinski definition) is 12. The largest absolute Gasteiger partial charge is 0.480 e. The number of carbonyl (C=O) groups is 7. The number of carboxylic acid groups (broad SMARTS) is 1. The van der Waals surface area contributed by atoms with Crippen molar-refractivity contribution in [1.29, 1.82) is 5.41 Å². The predicted molar refractivity (Wildman–Crippen MR) is 205 cm³/mol. The number of aliphatic carboxylic acids is 1. The summed E-state index contributed by atoms with van der Waals surface area (Å²) in [4.78, 5) is 93.0. The van der Waals surface area contributed by atoms with Crippen LogP contribution in [0.15, 0.2) is 30.3 Å². The van der Waals surface area contributed by atoms with Crippen LogP contribution < -0.4 is 43.4 Å². The monoisotopic (exact) mass is 792 g/mol. The van der Waals surface area contributed by atoms with Gasteiger partial charge in [0.15, 0.2) is 5.96 Å². The number of aliphatic hydroxyl groups excluding tert-OH is 1. The molecule has 0 radical (unpaired) electrons. The minimum absolute atomic E-state index is 0.00550. The molecule has 0 aliphatic carbocycles. The van der Waals surface area contributed by atoms with Gasteiger partial charge < -0.3 is 58.5 Å². The van der Waals surface area contributed by atoms with Gasteiger partial charge in [-0.3, -0.25) is 34.2 Å². The number of carboxylic acids is 1. The summed E-state index contributed by atoms with van der Waals surface area (Å²) in [6.07, 6.45) is 1.58. The highest BCUT2D eigenvalue weighted by Gasteiger charge is 2.40. The number of rotatable bonds is 22. The SMILES string of the molecule is CC[C@H](C)[C@H](NC(=O)[C@@H](N)CO)C(=O)N1CCC[C@H]1C(=O)N[C@@H](C)C(=O)N[C@@H](Cc1ccccc1)C(=O)N[C@@H](CS)C(=O)N[C@@H](CCCNC(=N)N)C(=O)O. The van der Waals surface area contributed by atoms with Crippen molar-refractivity contribution in [2.45, 2.75) is 102 Å². The second-order valence-electron chi connectivity index (χ2n) is 13.5. The average molecular weight is 793 g/mol. The normalized spacial score (nSPS) is 17.6. The van der Waals surface area contributed by atoms with E-state index in [-0.39, 0.29) is 50.0 Å². The molecule has 0 aromatic heterocycles. The number of carbonyl (C=O) groups excluding carboxylic acids is 6. The number of nitrogens with one attached hydrogen (secondary N) is 7. The quantitative estimate of drug-likeness (QED) is 0.0247. The minimum atomic E-state index is -1.31. The zero-order valence-corrected chi connectivity index (χ0v) is 32.3. The summed E-state index contributed by atoms with van der Waals surface area (Å²) in [5.74, 6) is -6.26. The van der Waals surface area contributed by atoms with Gasteiger partial charge in [-0.15, -0.1) is 0 Å². The van der Waals surface area contributed by atoms with Gasteiger partial charge in [-0.2, -0.15) is 12.6 Å².